The fourth-order valence-corrected chi connectivity index (χ4v) is 6.44. The second-order valence-electron chi connectivity index (χ2n) is 12.6. The number of halogens is 3. The van der Waals surface area contributed by atoms with Crippen LogP contribution in [0.3, 0.4) is 0 Å². The molecule has 268 valence electrons. The molecule has 0 N–H and O–H groups in total. The number of carbonyl (C=O) groups excluding carboxylic acids is 1. The highest BCUT2D eigenvalue weighted by Crippen LogP contribution is 2.34. The molecule has 6 rings (SSSR count). The Labute approximate surface area is 320 Å². The highest BCUT2D eigenvalue weighted by atomic mass is 35.5. The molecule has 52 heavy (non-hydrogen) atoms. The van der Waals surface area contributed by atoms with Gasteiger partial charge in [0.15, 0.2) is 5.75 Å². The summed E-state index contributed by atoms with van der Waals surface area (Å²) in [6, 6.07) is 31.2. The largest absolute Gasteiger partial charge is 0.487 e. The van der Waals surface area contributed by atoms with Crippen molar-refractivity contribution in [2.75, 3.05) is 32.8 Å². The van der Waals surface area contributed by atoms with Gasteiger partial charge >= 0.3 is 0 Å². The molecular weight excluding hydrogens is 717 g/mol. The van der Waals surface area contributed by atoms with E-state index in [0.717, 1.165) is 53.3 Å². The van der Waals surface area contributed by atoms with Gasteiger partial charge in [-0.05, 0) is 83.6 Å². The first kappa shape index (κ1) is 37.4. The fourth-order valence-electron chi connectivity index (χ4n) is 5.81. The predicted octanol–water partition coefficient (Wildman–Crippen LogP) is 9.84. The van der Waals surface area contributed by atoms with E-state index in [0.29, 0.717) is 60.3 Å². The molecule has 1 aliphatic rings. The van der Waals surface area contributed by atoms with Gasteiger partial charge in [-0.1, -0.05) is 89.4 Å². The SMILES string of the molecule is Cc1cc(/C=C/C(=O)N2CCN(Cc3ccc(CCOCc4ccc(Cl)cc4)cc3)CC2)cc(Cl)c1Oc1ccc(OCc2ccccc2Cl)cn1. The van der Waals surface area contributed by atoms with Gasteiger partial charge in [-0.15, -0.1) is 0 Å². The first-order valence-corrected chi connectivity index (χ1v) is 18.3. The van der Waals surface area contributed by atoms with Crippen LogP contribution >= 0.6 is 34.8 Å². The minimum absolute atomic E-state index is 0.0163. The molecule has 0 bridgehead atoms. The van der Waals surface area contributed by atoms with Crippen LogP contribution in [0.1, 0.15) is 33.4 Å². The molecule has 1 saturated heterocycles. The van der Waals surface area contributed by atoms with Crippen molar-refractivity contribution >= 4 is 46.8 Å². The van der Waals surface area contributed by atoms with Crippen molar-refractivity contribution in [1.82, 2.24) is 14.8 Å². The number of hydrogen-bond donors (Lipinski definition) is 0. The number of carbonyl (C=O) groups is 1. The lowest BCUT2D eigenvalue weighted by Gasteiger charge is -2.34. The van der Waals surface area contributed by atoms with Crippen LogP contribution in [0, 0.1) is 6.92 Å². The van der Waals surface area contributed by atoms with Crippen LogP contribution in [0.5, 0.6) is 17.4 Å². The Hall–Kier alpha value is -4.37. The maximum Gasteiger partial charge on any atom is 0.246 e. The summed E-state index contributed by atoms with van der Waals surface area (Å²) in [4.78, 5) is 21.7. The lowest BCUT2D eigenvalue weighted by atomic mass is 10.1. The van der Waals surface area contributed by atoms with E-state index in [1.165, 1.54) is 11.1 Å². The van der Waals surface area contributed by atoms with Gasteiger partial charge in [0.1, 0.15) is 12.4 Å². The molecule has 1 aliphatic heterocycles. The van der Waals surface area contributed by atoms with E-state index in [-0.39, 0.29) is 5.91 Å². The standard InChI is InChI=1S/C42H40Cl3N3O4/c1-30-24-34(25-39(45)42(30)52-40-16-15-37(26-46-40)51-29-35-4-2-3-5-38(35)44)12-17-41(49)48-21-19-47(20-22-48)27-32-8-6-31(7-9-32)18-23-50-28-33-10-13-36(43)14-11-33/h2-17,24-26H,18-23,27-29H2,1H3/b17-12+. The molecule has 5 aromatic rings. The first-order chi connectivity index (χ1) is 25.3. The number of pyridine rings is 1. The second kappa shape index (κ2) is 18.4. The molecule has 1 aromatic heterocycles. The van der Waals surface area contributed by atoms with Crippen LogP contribution in [0.25, 0.3) is 6.08 Å². The Kier molecular flexibility index (Phi) is 13.2. The zero-order valence-corrected chi connectivity index (χ0v) is 31.2. The van der Waals surface area contributed by atoms with Gasteiger partial charge in [0.25, 0.3) is 0 Å². The number of ether oxygens (including phenoxy) is 3. The van der Waals surface area contributed by atoms with Gasteiger partial charge in [-0.2, -0.15) is 0 Å². The van der Waals surface area contributed by atoms with Crippen molar-refractivity contribution in [3.8, 4) is 17.4 Å². The Balaban J connectivity index is 0.921. The zero-order chi connectivity index (χ0) is 36.3. The summed E-state index contributed by atoms with van der Waals surface area (Å²) in [5.74, 6) is 1.47. The molecule has 7 nitrogen and oxygen atoms in total. The summed E-state index contributed by atoms with van der Waals surface area (Å²) in [6.07, 6.45) is 5.87. The number of aromatic nitrogens is 1. The third-order valence-corrected chi connectivity index (χ3v) is 9.67. The number of amides is 1. The van der Waals surface area contributed by atoms with Gasteiger partial charge in [0.05, 0.1) is 24.4 Å². The molecule has 0 saturated carbocycles. The van der Waals surface area contributed by atoms with Crippen LogP contribution in [0.4, 0.5) is 0 Å². The summed E-state index contributed by atoms with van der Waals surface area (Å²) in [5.41, 5.74) is 6.16. The monoisotopic (exact) mass is 755 g/mol. The number of piperazine rings is 1. The van der Waals surface area contributed by atoms with E-state index in [9.17, 15) is 4.79 Å². The van der Waals surface area contributed by atoms with Crippen LogP contribution in [-0.2, 0) is 35.7 Å². The molecule has 10 heteroatoms. The normalized spacial score (nSPS) is 13.4. The maximum atomic E-state index is 13.0. The number of aryl methyl sites for hydroxylation is 1. The van der Waals surface area contributed by atoms with E-state index in [4.69, 9.17) is 49.0 Å². The summed E-state index contributed by atoms with van der Waals surface area (Å²) in [5, 5.41) is 1.81. The molecule has 2 heterocycles. The van der Waals surface area contributed by atoms with E-state index in [2.05, 4.69) is 34.1 Å². The Morgan fingerprint density at radius 2 is 1.54 bits per heavy atom. The number of rotatable bonds is 14. The molecule has 1 fully saturated rings. The van der Waals surface area contributed by atoms with Gasteiger partial charge < -0.3 is 19.1 Å². The molecule has 0 aliphatic carbocycles. The molecule has 1 amide bonds. The lowest BCUT2D eigenvalue weighted by Crippen LogP contribution is -2.47. The van der Waals surface area contributed by atoms with Crippen LogP contribution in [-0.4, -0.2) is 53.5 Å². The molecule has 4 aromatic carbocycles. The average Bonchev–Trinajstić information content (AvgIpc) is 3.16. The van der Waals surface area contributed by atoms with Gasteiger partial charge in [0, 0.05) is 60.5 Å². The summed E-state index contributed by atoms with van der Waals surface area (Å²) >= 11 is 18.8. The van der Waals surface area contributed by atoms with Crippen molar-refractivity contribution < 1.29 is 19.0 Å². The topological polar surface area (TPSA) is 64.1 Å². The van der Waals surface area contributed by atoms with Crippen LogP contribution < -0.4 is 9.47 Å². The lowest BCUT2D eigenvalue weighted by molar-refractivity contribution is -0.127. The third kappa shape index (κ3) is 10.8. The Morgan fingerprint density at radius 3 is 2.25 bits per heavy atom. The first-order valence-electron chi connectivity index (χ1n) is 17.2. The van der Waals surface area contributed by atoms with Crippen molar-refractivity contribution in [2.24, 2.45) is 0 Å². The third-order valence-electron chi connectivity index (χ3n) is 8.77. The van der Waals surface area contributed by atoms with E-state index in [1.54, 1.807) is 36.5 Å². The van der Waals surface area contributed by atoms with Gasteiger partial charge in [-0.3, -0.25) is 9.69 Å². The summed E-state index contributed by atoms with van der Waals surface area (Å²) < 4.78 is 17.7. The minimum Gasteiger partial charge on any atom is -0.487 e. The van der Waals surface area contributed by atoms with Crippen molar-refractivity contribution in [1.29, 1.82) is 0 Å². The molecule has 0 unspecified atom stereocenters. The van der Waals surface area contributed by atoms with E-state index >= 15 is 0 Å². The van der Waals surface area contributed by atoms with Crippen LogP contribution in [0.2, 0.25) is 15.1 Å². The van der Waals surface area contributed by atoms with Gasteiger partial charge in [0.2, 0.25) is 11.8 Å². The van der Waals surface area contributed by atoms with E-state index < -0.39 is 0 Å². The van der Waals surface area contributed by atoms with Crippen LogP contribution in [0.15, 0.2) is 109 Å². The quantitative estimate of drug-likeness (QED) is 0.0831. The smallest absolute Gasteiger partial charge is 0.246 e. The van der Waals surface area contributed by atoms with Crippen molar-refractivity contribution in [3.05, 3.63) is 158 Å². The molecular formula is C42H40Cl3N3O4. The number of benzene rings is 4. The molecule has 0 radical (unpaired) electrons. The fraction of sp³-hybridized carbons (Fsp3) is 0.238. The van der Waals surface area contributed by atoms with Crippen molar-refractivity contribution in [2.45, 2.75) is 33.1 Å². The highest BCUT2D eigenvalue weighted by Gasteiger charge is 2.20. The van der Waals surface area contributed by atoms with Crippen molar-refractivity contribution in [3.63, 3.8) is 0 Å². The number of nitrogens with zero attached hydrogens (tertiary/aromatic N) is 3. The average molecular weight is 757 g/mol. The molecule has 0 atom stereocenters. The summed E-state index contributed by atoms with van der Waals surface area (Å²) in [7, 11) is 0. The van der Waals surface area contributed by atoms with Gasteiger partial charge in [-0.25, -0.2) is 4.98 Å². The Bertz CT molecular complexity index is 1940. The maximum absolute atomic E-state index is 13.0. The zero-order valence-electron chi connectivity index (χ0n) is 28.9. The molecule has 0 spiro atoms. The minimum atomic E-state index is -0.0163. The number of hydrogen-bond acceptors (Lipinski definition) is 6. The highest BCUT2D eigenvalue weighted by molar-refractivity contribution is 6.32. The summed E-state index contributed by atoms with van der Waals surface area (Å²) in [6.45, 7) is 7.33. The van der Waals surface area contributed by atoms with E-state index in [1.807, 2.05) is 66.4 Å². The Morgan fingerprint density at radius 1 is 0.808 bits per heavy atom. The second-order valence-corrected chi connectivity index (χ2v) is 13.9. The predicted molar refractivity (Wildman–Crippen MR) is 208 cm³/mol.